The zero-order valence-electron chi connectivity index (χ0n) is 14.5. The molecule has 20 heavy (non-hydrogen) atoms. The molecule has 2 heteroatoms. The average molecular weight is 414 g/mol. The normalized spacial score (nSPS) is 13.1. The van der Waals surface area contributed by atoms with Crippen LogP contribution in [0.15, 0.2) is 0 Å². The minimum absolute atomic E-state index is 0. The predicted molar refractivity (Wildman–Crippen MR) is 109 cm³/mol. The van der Waals surface area contributed by atoms with Crippen molar-refractivity contribution < 1.29 is 0 Å². The largest absolute Gasteiger partial charge is 0.131 e. The third-order valence-electron chi connectivity index (χ3n) is 5.03. The zero-order chi connectivity index (χ0) is 14.6. The lowest BCUT2D eigenvalue weighted by molar-refractivity contribution is 0.313. The molecule has 0 spiro atoms. The molecule has 124 valence electrons. The molecule has 0 rings (SSSR count). The fourth-order valence-corrected chi connectivity index (χ4v) is 3.65. The van der Waals surface area contributed by atoms with Crippen LogP contribution in [-0.4, -0.2) is 5.16 Å². The van der Waals surface area contributed by atoms with Crippen molar-refractivity contribution >= 4 is 33.2 Å². The molecule has 0 amide bonds. The first kappa shape index (κ1) is 23.4. The molecule has 0 N–H and O–H groups in total. The molecular formula is C18H40IP. The summed E-state index contributed by atoms with van der Waals surface area (Å²) in [6, 6.07) is 0. The number of halogens is 1. The maximum atomic E-state index is 3.18. The highest BCUT2D eigenvalue weighted by atomic mass is 127. The predicted octanol–water partition coefficient (Wildman–Crippen LogP) is 7.60. The van der Waals surface area contributed by atoms with Crippen molar-refractivity contribution in [2.24, 2.45) is 5.92 Å². The molecule has 0 saturated carbocycles. The van der Waals surface area contributed by atoms with E-state index in [4.69, 9.17) is 0 Å². The van der Waals surface area contributed by atoms with Crippen LogP contribution >= 0.6 is 33.2 Å². The van der Waals surface area contributed by atoms with Crippen molar-refractivity contribution in [1.29, 1.82) is 0 Å². The monoisotopic (exact) mass is 414 g/mol. The molecule has 2 atom stereocenters. The van der Waals surface area contributed by atoms with E-state index in [1.165, 1.54) is 77.0 Å². The Morgan fingerprint density at radius 2 is 1.20 bits per heavy atom. The minimum atomic E-state index is 0. The summed E-state index contributed by atoms with van der Waals surface area (Å²) < 4.78 is 0. The molecule has 0 aromatic heterocycles. The lowest BCUT2D eigenvalue weighted by Gasteiger charge is -2.36. The van der Waals surface area contributed by atoms with Gasteiger partial charge in [-0.15, -0.1) is 33.2 Å². The molecule has 0 aromatic rings. The highest BCUT2D eigenvalue weighted by molar-refractivity contribution is 14.0. The summed E-state index contributed by atoms with van der Waals surface area (Å²) in [6.45, 7) is 9.38. The van der Waals surface area contributed by atoms with Crippen LogP contribution in [0, 0.1) is 5.92 Å². The molecule has 0 aliphatic heterocycles. The van der Waals surface area contributed by atoms with Crippen LogP contribution in [0.25, 0.3) is 0 Å². The first-order valence-electron chi connectivity index (χ1n) is 8.93. The van der Waals surface area contributed by atoms with E-state index in [0.717, 1.165) is 5.92 Å². The highest BCUT2D eigenvalue weighted by Gasteiger charge is 2.28. The molecule has 0 fully saturated rings. The Kier molecular flexibility index (Phi) is 17.7. The average Bonchev–Trinajstić information content (AvgIpc) is 2.45. The van der Waals surface area contributed by atoms with Gasteiger partial charge in [-0.2, -0.15) is 0 Å². The van der Waals surface area contributed by atoms with E-state index >= 15 is 0 Å². The molecule has 0 radical (unpaired) electrons. The molecular weight excluding hydrogens is 374 g/mol. The Morgan fingerprint density at radius 3 is 1.60 bits per heavy atom. The van der Waals surface area contributed by atoms with Gasteiger partial charge in [-0.05, 0) is 30.3 Å². The second kappa shape index (κ2) is 15.1. The van der Waals surface area contributed by atoms with Crippen LogP contribution in [0.3, 0.4) is 0 Å². The summed E-state index contributed by atoms with van der Waals surface area (Å²) in [5, 5.41) is 0.510. The fourth-order valence-electron chi connectivity index (χ4n) is 3.25. The zero-order valence-corrected chi connectivity index (χ0v) is 18.0. The van der Waals surface area contributed by atoms with E-state index in [2.05, 4.69) is 36.9 Å². The van der Waals surface area contributed by atoms with Crippen LogP contribution in [0.1, 0.15) is 105 Å². The van der Waals surface area contributed by atoms with E-state index in [1.54, 1.807) is 0 Å². The number of rotatable bonds is 13. The number of hydrogen-bond donors (Lipinski definition) is 0. The topological polar surface area (TPSA) is 0 Å². The Morgan fingerprint density at radius 1 is 0.750 bits per heavy atom. The van der Waals surface area contributed by atoms with Gasteiger partial charge in [0.2, 0.25) is 0 Å². The Labute approximate surface area is 148 Å². The summed E-state index contributed by atoms with van der Waals surface area (Å²) in [5.41, 5.74) is 0. The summed E-state index contributed by atoms with van der Waals surface area (Å²) in [5.74, 6) is 0.910. The SMILES string of the molecule is CCCCCCCCCCC(CC)C(P)(CC)CC.I. The van der Waals surface area contributed by atoms with Crippen LogP contribution in [0.5, 0.6) is 0 Å². The molecule has 0 saturated heterocycles. The number of unbranched alkanes of at least 4 members (excludes halogenated alkanes) is 7. The van der Waals surface area contributed by atoms with Crippen molar-refractivity contribution in [2.45, 2.75) is 110 Å². The van der Waals surface area contributed by atoms with Crippen LogP contribution in [0.4, 0.5) is 0 Å². The quantitative estimate of drug-likeness (QED) is 0.165. The first-order valence-corrected chi connectivity index (χ1v) is 9.51. The van der Waals surface area contributed by atoms with Gasteiger partial charge >= 0.3 is 0 Å². The van der Waals surface area contributed by atoms with Crippen LogP contribution < -0.4 is 0 Å². The molecule has 2 unspecified atom stereocenters. The van der Waals surface area contributed by atoms with Gasteiger partial charge in [0, 0.05) is 0 Å². The Hall–Kier alpha value is 1.16. The fraction of sp³-hybridized carbons (Fsp3) is 1.00. The van der Waals surface area contributed by atoms with Gasteiger partial charge in [-0.1, -0.05) is 85.5 Å². The maximum Gasteiger partial charge on any atom is -0.0127 e. The second-order valence-corrected chi connectivity index (χ2v) is 7.46. The van der Waals surface area contributed by atoms with Gasteiger partial charge in [-0.3, -0.25) is 0 Å². The molecule has 0 bridgehead atoms. The first-order chi connectivity index (χ1) is 9.14. The lowest BCUT2D eigenvalue weighted by Crippen LogP contribution is -2.29. The van der Waals surface area contributed by atoms with Crippen molar-refractivity contribution in [3.05, 3.63) is 0 Å². The summed E-state index contributed by atoms with van der Waals surface area (Å²) in [6.07, 6.45) is 16.9. The van der Waals surface area contributed by atoms with Crippen molar-refractivity contribution in [2.75, 3.05) is 0 Å². The van der Waals surface area contributed by atoms with E-state index < -0.39 is 0 Å². The van der Waals surface area contributed by atoms with Gasteiger partial charge in [0.05, 0.1) is 0 Å². The summed E-state index contributed by atoms with van der Waals surface area (Å²) >= 11 is 0. The van der Waals surface area contributed by atoms with Crippen LogP contribution in [0.2, 0.25) is 0 Å². The third kappa shape index (κ3) is 9.98. The van der Waals surface area contributed by atoms with E-state index in [0.29, 0.717) is 5.16 Å². The smallest absolute Gasteiger partial charge is 0.0127 e. The number of hydrogen-bond acceptors (Lipinski definition) is 0. The Balaban J connectivity index is 0. The third-order valence-corrected chi connectivity index (χ3v) is 6.32. The van der Waals surface area contributed by atoms with Gasteiger partial charge in [-0.25, -0.2) is 0 Å². The van der Waals surface area contributed by atoms with Crippen molar-refractivity contribution in [3.63, 3.8) is 0 Å². The maximum absolute atomic E-state index is 3.18. The molecule has 0 aliphatic rings. The lowest BCUT2D eigenvalue weighted by atomic mass is 9.81. The van der Waals surface area contributed by atoms with E-state index in [9.17, 15) is 0 Å². The van der Waals surface area contributed by atoms with Gasteiger partial charge in [0.1, 0.15) is 0 Å². The molecule has 0 aliphatic carbocycles. The highest BCUT2D eigenvalue weighted by Crippen LogP contribution is 2.39. The molecule has 0 nitrogen and oxygen atoms in total. The molecule has 0 heterocycles. The van der Waals surface area contributed by atoms with Crippen LogP contribution in [-0.2, 0) is 0 Å². The van der Waals surface area contributed by atoms with E-state index in [-0.39, 0.29) is 24.0 Å². The van der Waals surface area contributed by atoms with Gasteiger partial charge in [0.25, 0.3) is 0 Å². The van der Waals surface area contributed by atoms with Gasteiger partial charge in [0.15, 0.2) is 0 Å². The Bertz CT molecular complexity index is 190. The van der Waals surface area contributed by atoms with Gasteiger partial charge < -0.3 is 0 Å². The standard InChI is InChI=1S/C18H39P.HI/c1-5-9-10-11-12-13-14-15-16-17(6-2)18(19,7-3)8-4;/h17H,5-16,19H2,1-4H3;1H. The summed E-state index contributed by atoms with van der Waals surface area (Å²) in [7, 11) is 3.18. The van der Waals surface area contributed by atoms with E-state index in [1.807, 2.05) is 0 Å². The second-order valence-electron chi connectivity index (χ2n) is 6.31. The summed E-state index contributed by atoms with van der Waals surface area (Å²) in [4.78, 5) is 0. The van der Waals surface area contributed by atoms with Crippen molar-refractivity contribution in [1.82, 2.24) is 0 Å². The molecule has 0 aromatic carbocycles. The van der Waals surface area contributed by atoms with Crippen molar-refractivity contribution in [3.8, 4) is 0 Å². The minimum Gasteiger partial charge on any atom is -0.131 e.